The first-order valence-electron chi connectivity index (χ1n) is 9.44. The molecule has 0 saturated carbocycles. The largest absolute Gasteiger partial charge is 0.508 e. The van der Waals surface area contributed by atoms with Gasteiger partial charge in [-0.2, -0.15) is 0 Å². The minimum atomic E-state index is -0.407. The SMILES string of the molecule is C[C@H](OC[C@@H]1CCCCO1)C(=O)N1CCC(c2ccc(O)cc2)CC1. The Balaban J connectivity index is 1.43. The van der Waals surface area contributed by atoms with Crippen molar-refractivity contribution in [1.82, 2.24) is 4.90 Å². The number of carbonyl (C=O) groups is 1. The normalized spacial score (nSPS) is 23.4. The van der Waals surface area contributed by atoms with Gasteiger partial charge in [0.05, 0.1) is 12.7 Å². The lowest BCUT2D eigenvalue weighted by atomic mass is 9.89. The van der Waals surface area contributed by atoms with Gasteiger partial charge in [-0.1, -0.05) is 12.1 Å². The zero-order valence-corrected chi connectivity index (χ0v) is 15.0. The fourth-order valence-corrected chi connectivity index (χ4v) is 3.70. The standard InChI is InChI=1S/C20H29NO4/c1-15(25-14-19-4-2-3-13-24-19)20(23)21-11-9-17(10-12-21)16-5-7-18(22)8-6-16/h5-8,15,17,19,22H,2-4,9-14H2,1H3/t15-,19-/m0/s1. The van der Waals surface area contributed by atoms with E-state index >= 15 is 0 Å². The minimum Gasteiger partial charge on any atom is -0.508 e. The summed E-state index contributed by atoms with van der Waals surface area (Å²) in [5.74, 6) is 0.834. The Bertz CT molecular complexity index is 545. The number of nitrogens with zero attached hydrogens (tertiary/aromatic N) is 1. The van der Waals surface area contributed by atoms with Crippen LogP contribution in [-0.2, 0) is 14.3 Å². The van der Waals surface area contributed by atoms with Crippen molar-refractivity contribution in [2.45, 2.75) is 57.2 Å². The molecule has 0 radical (unpaired) electrons. The molecule has 0 bridgehead atoms. The summed E-state index contributed by atoms with van der Waals surface area (Å²) in [4.78, 5) is 14.5. The first kappa shape index (κ1) is 18.2. The van der Waals surface area contributed by atoms with E-state index in [4.69, 9.17) is 9.47 Å². The van der Waals surface area contributed by atoms with Gasteiger partial charge in [-0.25, -0.2) is 0 Å². The van der Waals surface area contributed by atoms with Crippen molar-refractivity contribution in [1.29, 1.82) is 0 Å². The quantitative estimate of drug-likeness (QED) is 0.889. The summed E-state index contributed by atoms with van der Waals surface area (Å²) in [5.41, 5.74) is 1.24. The van der Waals surface area contributed by atoms with Gasteiger partial charge in [0.1, 0.15) is 11.9 Å². The van der Waals surface area contributed by atoms with E-state index in [2.05, 4.69) is 0 Å². The molecule has 5 nitrogen and oxygen atoms in total. The van der Waals surface area contributed by atoms with Crippen molar-refractivity contribution >= 4 is 5.91 Å². The van der Waals surface area contributed by atoms with Gasteiger partial charge in [-0.05, 0) is 62.6 Å². The Morgan fingerprint density at radius 3 is 2.60 bits per heavy atom. The highest BCUT2D eigenvalue weighted by atomic mass is 16.5. The number of ether oxygens (including phenoxy) is 2. The van der Waals surface area contributed by atoms with Crippen molar-refractivity contribution in [2.24, 2.45) is 0 Å². The van der Waals surface area contributed by atoms with Gasteiger partial charge < -0.3 is 19.5 Å². The summed E-state index contributed by atoms with van der Waals surface area (Å²) in [6.45, 7) is 4.69. The molecule has 1 aromatic carbocycles. The highest BCUT2D eigenvalue weighted by Crippen LogP contribution is 2.29. The molecular weight excluding hydrogens is 318 g/mol. The maximum absolute atomic E-state index is 12.6. The lowest BCUT2D eigenvalue weighted by Gasteiger charge is -2.34. The molecule has 2 aliphatic heterocycles. The smallest absolute Gasteiger partial charge is 0.251 e. The van der Waals surface area contributed by atoms with Gasteiger partial charge in [-0.15, -0.1) is 0 Å². The van der Waals surface area contributed by atoms with Gasteiger partial charge in [-0.3, -0.25) is 4.79 Å². The van der Waals surface area contributed by atoms with Gasteiger partial charge in [0.2, 0.25) is 0 Å². The Morgan fingerprint density at radius 2 is 1.96 bits per heavy atom. The van der Waals surface area contributed by atoms with E-state index in [1.165, 1.54) is 12.0 Å². The molecule has 1 aromatic rings. The Morgan fingerprint density at radius 1 is 1.24 bits per heavy atom. The van der Waals surface area contributed by atoms with Crippen LogP contribution in [0, 0.1) is 0 Å². The van der Waals surface area contributed by atoms with Crippen molar-refractivity contribution in [3.63, 3.8) is 0 Å². The molecule has 25 heavy (non-hydrogen) atoms. The number of hydrogen-bond acceptors (Lipinski definition) is 4. The van der Waals surface area contributed by atoms with Crippen LogP contribution in [0.1, 0.15) is 50.5 Å². The van der Waals surface area contributed by atoms with Crippen molar-refractivity contribution in [3.05, 3.63) is 29.8 Å². The van der Waals surface area contributed by atoms with E-state index in [0.29, 0.717) is 18.3 Å². The summed E-state index contributed by atoms with van der Waals surface area (Å²) in [6.07, 6.45) is 4.98. The number of rotatable bonds is 5. The number of hydrogen-bond donors (Lipinski definition) is 1. The minimum absolute atomic E-state index is 0.0833. The van der Waals surface area contributed by atoms with E-state index in [-0.39, 0.29) is 12.0 Å². The van der Waals surface area contributed by atoms with E-state index < -0.39 is 6.10 Å². The number of carbonyl (C=O) groups excluding carboxylic acids is 1. The van der Waals surface area contributed by atoms with Crippen LogP contribution in [0.2, 0.25) is 0 Å². The van der Waals surface area contributed by atoms with Gasteiger partial charge in [0.25, 0.3) is 5.91 Å². The molecule has 2 saturated heterocycles. The van der Waals surface area contributed by atoms with Crippen LogP contribution in [0.25, 0.3) is 0 Å². The number of phenols is 1. The molecule has 138 valence electrons. The Kier molecular flexibility index (Phi) is 6.32. The van der Waals surface area contributed by atoms with E-state index in [1.54, 1.807) is 12.1 Å². The summed E-state index contributed by atoms with van der Waals surface area (Å²) in [6, 6.07) is 7.42. The summed E-state index contributed by atoms with van der Waals surface area (Å²) in [5, 5.41) is 9.40. The van der Waals surface area contributed by atoms with Crippen LogP contribution in [0.4, 0.5) is 0 Å². The molecule has 2 atom stereocenters. The van der Waals surface area contributed by atoms with E-state index in [0.717, 1.165) is 45.4 Å². The van der Waals surface area contributed by atoms with Crippen molar-refractivity contribution in [2.75, 3.05) is 26.3 Å². The number of aromatic hydroxyl groups is 1. The molecular formula is C20H29NO4. The van der Waals surface area contributed by atoms with Gasteiger partial charge in [0.15, 0.2) is 0 Å². The zero-order valence-electron chi connectivity index (χ0n) is 15.0. The first-order chi connectivity index (χ1) is 12.1. The molecule has 1 N–H and O–H groups in total. The monoisotopic (exact) mass is 347 g/mol. The number of likely N-dealkylation sites (tertiary alicyclic amines) is 1. The molecule has 2 aliphatic rings. The molecule has 5 heteroatoms. The predicted octanol–water partition coefficient (Wildman–Crippen LogP) is 3.07. The van der Waals surface area contributed by atoms with Crippen LogP contribution in [0.15, 0.2) is 24.3 Å². The molecule has 3 rings (SSSR count). The Hall–Kier alpha value is -1.59. The second-order valence-electron chi connectivity index (χ2n) is 7.16. The van der Waals surface area contributed by atoms with Gasteiger partial charge >= 0.3 is 0 Å². The highest BCUT2D eigenvalue weighted by molar-refractivity contribution is 5.80. The molecule has 0 unspecified atom stereocenters. The molecule has 1 amide bonds. The number of phenolic OH excluding ortho intramolecular Hbond substituents is 1. The fraction of sp³-hybridized carbons (Fsp3) is 0.650. The third-order valence-electron chi connectivity index (χ3n) is 5.32. The topological polar surface area (TPSA) is 59.0 Å². The summed E-state index contributed by atoms with van der Waals surface area (Å²) in [7, 11) is 0. The number of amides is 1. The van der Waals surface area contributed by atoms with Crippen LogP contribution < -0.4 is 0 Å². The van der Waals surface area contributed by atoms with Gasteiger partial charge in [0, 0.05) is 19.7 Å². The summed E-state index contributed by atoms with van der Waals surface area (Å²) >= 11 is 0. The lowest BCUT2D eigenvalue weighted by Crippen LogP contribution is -2.44. The number of benzene rings is 1. The van der Waals surface area contributed by atoms with E-state index in [1.807, 2.05) is 24.0 Å². The number of piperidine rings is 1. The average Bonchev–Trinajstić information content (AvgIpc) is 2.67. The van der Waals surface area contributed by atoms with Crippen LogP contribution in [0.3, 0.4) is 0 Å². The predicted molar refractivity (Wildman–Crippen MR) is 95.7 cm³/mol. The first-order valence-corrected chi connectivity index (χ1v) is 9.44. The third kappa shape index (κ3) is 4.95. The Labute approximate surface area is 149 Å². The third-order valence-corrected chi connectivity index (χ3v) is 5.32. The zero-order chi connectivity index (χ0) is 17.6. The van der Waals surface area contributed by atoms with Crippen molar-refractivity contribution < 1.29 is 19.4 Å². The van der Waals surface area contributed by atoms with Crippen LogP contribution in [0.5, 0.6) is 5.75 Å². The molecule has 0 spiro atoms. The highest BCUT2D eigenvalue weighted by Gasteiger charge is 2.27. The molecule has 0 aromatic heterocycles. The maximum atomic E-state index is 12.6. The van der Waals surface area contributed by atoms with Crippen LogP contribution in [-0.4, -0.2) is 54.4 Å². The second kappa shape index (κ2) is 8.68. The van der Waals surface area contributed by atoms with Crippen LogP contribution >= 0.6 is 0 Å². The summed E-state index contributed by atoms with van der Waals surface area (Å²) < 4.78 is 11.4. The van der Waals surface area contributed by atoms with E-state index in [9.17, 15) is 9.90 Å². The molecule has 2 heterocycles. The lowest BCUT2D eigenvalue weighted by molar-refractivity contribution is -0.147. The molecule has 2 fully saturated rings. The maximum Gasteiger partial charge on any atom is 0.251 e. The average molecular weight is 347 g/mol. The molecule has 0 aliphatic carbocycles. The van der Waals surface area contributed by atoms with Crippen molar-refractivity contribution in [3.8, 4) is 5.75 Å². The fourth-order valence-electron chi connectivity index (χ4n) is 3.70. The second-order valence-corrected chi connectivity index (χ2v) is 7.16.